The zero-order valence-corrected chi connectivity index (χ0v) is 21.9. The number of aliphatic hydroxyl groups is 1. The summed E-state index contributed by atoms with van der Waals surface area (Å²) in [4.78, 5) is 5.21. The van der Waals surface area contributed by atoms with Crippen LogP contribution in [-0.4, -0.2) is 63.5 Å². The summed E-state index contributed by atoms with van der Waals surface area (Å²) in [6.07, 6.45) is 5.53. The SMILES string of the molecule is CS(=O)(=O)c1ccc(N2CC(CN3CCC(C(C#N)(c4ccccc4)[C@@H]4CCC[C@H]4O)CC3)C2)cc1. The van der Waals surface area contributed by atoms with Crippen molar-refractivity contribution in [3.63, 3.8) is 0 Å². The quantitative estimate of drug-likeness (QED) is 0.613. The summed E-state index contributed by atoms with van der Waals surface area (Å²) < 4.78 is 23.4. The fraction of sp³-hybridized carbons (Fsp3) is 0.552. The second kappa shape index (κ2) is 10.2. The third-order valence-corrected chi connectivity index (χ3v) is 9.96. The lowest BCUT2D eigenvalue weighted by molar-refractivity contribution is 0.0483. The molecule has 2 aliphatic heterocycles. The van der Waals surface area contributed by atoms with E-state index in [9.17, 15) is 18.8 Å². The third-order valence-electron chi connectivity index (χ3n) is 8.84. The molecule has 1 aliphatic carbocycles. The van der Waals surface area contributed by atoms with Gasteiger partial charge in [-0.3, -0.25) is 0 Å². The van der Waals surface area contributed by atoms with Crippen LogP contribution in [-0.2, 0) is 15.3 Å². The predicted molar refractivity (Wildman–Crippen MR) is 141 cm³/mol. The van der Waals surface area contributed by atoms with Crippen LogP contribution >= 0.6 is 0 Å². The Balaban J connectivity index is 1.19. The molecule has 2 aromatic rings. The molecule has 0 bridgehead atoms. The fourth-order valence-corrected chi connectivity index (χ4v) is 7.54. The maximum Gasteiger partial charge on any atom is 0.175 e. The molecule has 0 amide bonds. The molecule has 1 unspecified atom stereocenters. The molecule has 2 aromatic carbocycles. The summed E-state index contributed by atoms with van der Waals surface area (Å²) in [5, 5.41) is 21.4. The van der Waals surface area contributed by atoms with Gasteiger partial charge in [0.1, 0.15) is 0 Å². The van der Waals surface area contributed by atoms with Crippen LogP contribution in [0.4, 0.5) is 5.69 Å². The molecule has 6 nitrogen and oxygen atoms in total. The van der Waals surface area contributed by atoms with Gasteiger partial charge in [0.15, 0.2) is 9.84 Å². The molecule has 0 spiro atoms. The summed E-state index contributed by atoms with van der Waals surface area (Å²) in [6.45, 7) is 5.01. The van der Waals surface area contributed by atoms with Crippen LogP contribution in [0.3, 0.4) is 0 Å². The Kier molecular flexibility index (Phi) is 7.13. The smallest absolute Gasteiger partial charge is 0.175 e. The van der Waals surface area contributed by atoms with Crippen molar-refractivity contribution in [1.29, 1.82) is 5.26 Å². The highest BCUT2D eigenvalue weighted by Gasteiger charge is 2.51. The number of hydrogen-bond donors (Lipinski definition) is 1. The molecule has 5 rings (SSSR count). The number of sulfone groups is 1. The Morgan fingerprint density at radius 2 is 1.67 bits per heavy atom. The van der Waals surface area contributed by atoms with Gasteiger partial charge in [-0.1, -0.05) is 36.8 Å². The molecule has 1 N–H and O–H groups in total. The van der Waals surface area contributed by atoms with Gasteiger partial charge in [0.2, 0.25) is 0 Å². The number of benzene rings is 2. The van der Waals surface area contributed by atoms with E-state index in [1.807, 2.05) is 30.3 Å². The minimum Gasteiger partial charge on any atom is -0.393 e. The molecular weight excluding hydrogens is 470 g/mol. The molecule has 2 saturated heterocycles. The molecule has 192 valence electrons. The van der Waals surface area contributed by atoms with Gasteiger partial charge in [-0.2, -0.15) is 5.26 Å². The van der Waals surface area contributed by atoms with E-state index in [4.69, 9.17) is 0 Å². The first kappa shape index (κ1) is 25.3. The van der Waals surface area contributed by atoms with Gasteiger partial charge < -0.3 is 14.9 Å². The Morgan fingerprint density at radius 1 is 1.00 bits per heavy atom. The van der Waals surface area contributed by atoms with Crippen LogP contribution in [0, 0.1) is 29.1 Å². The molecule has 3 fully saturated rings. The molecule has 2 heterocycles. The first-order valence-corrected chi connectivity index (χ1v) is 15.1. The van der Waals surface area contributed by atoms with Crippen molar-refractivity contribution in [3.8, 4) is 6.07 Å². The first-order chi connectivity index (χ1) is 17.3. The van der Waals surface area contributed by atoms with Crippen molar-refractivity contribution >= 4 is 15.5 Å². The van der Waals surface area contributed by atoms with Crippen LogP contribution in [0.2, 0.25) is 0 Å². The van der Waals surface area contributed by atoms with Crippen molar-refractivity contribution in [1.82, 2.24) is 4.90 Å². The van der Waals surface area contributed by atoms with E-state index >= 15 is 0 Å². The lowest BCUT2D eigenvalue weighted by atomic mass is 9.59. The summed E-state index contributed by atoms with van der Waals surface area (Å²) >= 11 is 0. The monoisotopic (exact) mass is 507 g/mol. The predicted octanol–water partition coefficient (Wildman–Crippen LogP) is 3.86. The van der Waals surface area contributed by atoms with Gasteiger partial charge in [-0.05, 0) is 74.5 Å². The number of piperidine rings is 1. The largest absolute Gasteiger partial charge is 0.393 e. The molecule has 1 saturated carbocycles. The number of hydrogen-bond acceptors (Lipinski definition) is 6. The fourth-order valence-electron chi connectivity index (χ4n) is 6.91. The topological polar surface area (TPSA) is 84.6 Å². The number of anilines is 1. The zero-order chi connectivity index (χ0) is 25.3. The number of aliphatic hydroxyl groups excluding tert-OH is 1. The highest BCUT2D eigenvalue weighted by Crippen LogP contribution is 2.50. The van der Waals surface area contributed by atoms with Crippen molar-refractivity contribution in [2.24, 2.45) is 17.8 Å². The minimum atomic E-state index is -3.17. The maximum atomic E-state index is 11.7. The molecule has 3 atom stereocenters. The highest BCUT2D eigenvalue weighted by molar-refractivity contribution is 7.90. The second-order valence-electron chi connectivity index (χ2n) is 11.1. The van der Waals surface area contributed by atoms with E-state index in [1.54, 1.807) is 12.1 Å². The van der Waals surface area contributed by atoms with Gasteiger partial charge in [0.05, 0.1) is 22.5 Å². The molecule has 7 heteroatoms. The van der Waals surface area contributed by atoms with Crippen molar-refractivity contribution in [3.05, 3.63) is 60.2 Å². The lowest BCUT2D eigenvalue weighted by Gasteiger charge is -2.47. The number of rotatable bonds is 7. The average molecular weight is 508 g/mol. The summed E-state index contributed by atoms with van der Waals surface area (Å²) in [6, 6.07) is 20.2. The van der Waals surface area contributed by atoms with E-state index in [-0.39, 0.29) is 11.8 Å². The lowest BCUT2D eigenvalue weighted by Crippen LogP contribution is -2.54. The first-order valence-electron chi connectivity index (χ1n) is 13.2. The maximum absolute atomic E-state index is 11.7. The van der Waals surface area contributed by atoms with E-state index in [0.717, 1.165) is 76.1 Å². The van der Waals surface area contributed by atoms with Crippen LogP contribution in [0.1, 0.15) is 37.7 Å². The molecule has 3 aliphatic rings. The standard InChI is InChI=1S/C29H37N3O3S/c1-36(34,35)26-12-10-25(11-13-26)32-19-22(20-32)18-31-16-14-24(15-17-31)29(21-30,23-6-3-2-4-7-23)27-8-5-9-28(27)33/h2-4,6-7,10-13,22,24,27-28,33H,5,8-9,14-20H2,1H3/t27-,28-,29?/m1/s1. The summed E-state index contributed by atoms with van der Waals surface area (Å²) in [5.74, 6) is 0.864. The number of likely N-dealkylation sites (tertiary alicyclic amines) is 1. The Labute approximate surface area is 215 Å². The Morgan fingerprint density at radius 3 is 2.22 bits per heavy atom. The summed E-state index contributed by atoms with van der Waals surface area (Å²) in [7, 11) is -3.17. The van der Waals surface area contributed by atoms with Crippen LogP contribution in [0.15, 0.2) is 59.5 Å². The highest BCUT2D eigenvalue weighted by atomic mass is 32.2. The average Bonchev–Trinajstić information content (AvgIpc) is 3.29. The van der Waals surface area contributed by atoms with Crippen LogP contribution in [0.5, 0.6) is 0 Å². The van der Waals surface area contributed by atoms with Gasteiger partial charge in [0.25, 0.3) is 0 Å². The zero-order valence-electron chi connectivity index (χ0n) is 21.1. The normalized spacial score (nSPS) is 25.8. The van der Waals surface area contributed by atoms with Crippen molar-refractivity contribution in [2.45, 2.75) is 48.5 Å². The Hall–Kier alpha value is -2.40. The van der Waals surface area contributed by atoms with E-state index in [2.05, 4.69) is 28.0 Å². The number of nitrogens with zero attached hydrogens (tertiary/aromatic N) is 3. The second-order valence-corrected chi connectivity index (χ2v) is 13.1. The van der Waals surface area contributed by atoms with E-state index in [1.165, 1.54) is 6.26 Å². The van der Waals surface area contributed by atoms with Crippen molar-refractivity contribution in [2.75, 3.05) is 43.9 Å². The van der Waals surface area contributed by atoms with E-state index < -0.39 is 21.4 Å². The molecule has 0 radical (unpaired) electrons. The van der Waals surface area contributed by atoms with Crippen molar-refractivity contribution < 1.29 is 13.5 Å². The Bertz CT molecular complexity index is 1180. The number of nitriles is 1. The van der Waals surface area contributed by atoms with E-state index in [0.29, 0.717) is 10.8 Å². The molecule has 36 heavy (non-hydrogen) atoms. The van der Waals surface area contributed by atoms with Gasteiger partial charge in [-0.15, -0.1) is 0 Å². The van der Waals surface area contributed by atoms with Gasteiger partial charge in [-0.25, -0.2) is 8.42 Å². The van der Waals surface area contributed by atoms with Gasteiger partial charge in [0, 0.05) is 43.4 Å². The summed E-state index contributed by atoms with van der Waals surface area (Å²) in [5.41, 5.74) is 1.54. The van der Waals surface area contributed by atoms with Gasteiger partial charge >= 0.3 is 0 Å². The van der Waals surface area contributed by atoms with Crippen LogP contribution in [0.25, 0.3) is 0 Å². The third kappa shape index (κ3) is 4.79. The minimum absolute atomic E-state index is 0.00993. The molecule has 0 aromatic heterocycles. The molecular formula is C29H37N3O3S. The van der Waals surface area contributed by atoms with Crippen LogP contribution < -0.4 is 4.90 Å².